The van der Waals surface area contributed by atoms with Crippen molar-refractivity contribution in [2.24, 2.45) is 11.8 Å². The summed E-state index contributed by atoms with van der Waals surface area (Å²) in [4.78, 5) is 50.4. The number of amides is 4. The second-order valence-electron chi connectivity index (χ2n) is 8.87. The van der Waals surface area contributed by atoms with Crippen molar-refractivity contribution in [1.82, 2.24) is 15.5 Å². The van der Waals surface area contributed by atoms with Gasteiger partial charge in [-0.15, -0.1) is 0 Å². The molecule has 0 spiro atoms. The summed E-state index contributed by atoms with van der Waals surface area (Å²) in [6.45, 7) is 2.20. The van der Waals surface area contributed by atoms with Crippen molar-refractivity contribution in [3.63, 3.8) is 0 Å². The van der Waals surface area contributed by atoms with Gasteiger partial charge in [-0.05, 0) is 75.2 Å². The Morgan fingerprint density at radius 3 is 2.60 bits per heavy atom. The molecule has 4 amide bonds. The summed E-state index contributed by atoms with van der Waals surface area (Å²) in [5, 5.41) is 9.26. The smallest absolute Gasteiger partial charge is 0.262 e. The zero-order valence-corrected chi connectivity index (χ0v) is 16.8. The van der Waals surface area contributed by atoms with E-state index >= 15 is 0 Å². The van der Waals surface area contributed by atoms with E-state index in [1.165, 1.54) is 12.8 Å². The predicted octanol–water partition coefficient (Wildman–Crippen LogP) is 1.28. The molecule has 3 fully saturated rings. The number of nitrogens with zero attached hydrogens (tertiary/aromatic N) is 1. The van der Waals surface area contributed by atoms with Crippen molar-refractivity contribution >= 4 is 29.3 Å². The van der Waals surface area contributed by atoms with E-state index in [0.717, 1.165) is 48.4 Å². The Hall–Kier alpha value is -2.74. The largest absolute Gasteiger partial charge is 0.382 e. The number of carbonyl (C=O) groups excluding carboxylic acids is 4. The summed E-state index contributed by atoms with van der Waals surface area (Å²) < 4.78 is 0. The standard InChI is InChI=1S/C22H26N4O4/c27-19-6-5-18(20(28)25-19)26-21(29)16-4-3-15(10-17(16)22(26)30)24-14-2-1-13-11-23-8-7-12(13)9-14/h3-4,10,12-14,18,23-24H,1-2,5-9,11H2,(H,25,27,28). The Labute approximate surface area is 174 Å². The predicted molar refractivity (Wildman–Crippen MR) is 109 cm³/mol. The Kier molecular flexibility index (Phi) is 4.81. The normalized spacial score (nSPS) is 31.3. The van der Waals surface area contributed by atoms with Crippen LogP contribution in [0.5, 0.6) is 0 Å². The molecule has 4 unspecified atom stereocenters. The van der Waals surface area contributed by atoms with Gasteiger partial charge in [0.05, 0.1) is 11.1 Å². The lowest BCUT2D eigenvalue weighted by molar-refractivity contribution is -0.136. The van der Waals surface area contributed by atoms with E-state index in [9.17, 15) is 19.2 Å². The topological polar surface area (TPSA) is 108 Å². The maximum Gasteiger partial charge on any atom is 0.262 e. The van der Waals surface area contributed by atoms with Crippen LogP contribution in [0.15, 0.2) is 18.2 Å². The molecule has 1 aromatic rings. The van der Waals surface area contributed by atoms with Crippen LogP contribution in [0.2, 0.25) is 0 Å². The molecule has 5 rings (SSSR count). The number of anilines is 1. The number of hydrogen-bond donors (Lipinski definition) is 3. The number of carbonyl (C=O) groups is 4. The van der Waals surface area contributed by atoms with Crippen molar-refractivity contribution in [1.29, 1.82) is 0 Å². The maximum absolute atomic E-state index is 13.0. The average molecular weight is 410 g/mol. The van der Waals surface area contributed by atoms with E-state index in [0.29, 0.717) is 17.2 Å². The fourth-order valence-electron chi connectivity index (χ4n) is 5.45. The van der Waals surface area contributed by atoms with Crippen molar-refractivity contribution < 1.29 is 19.2 Å². The SMILES string of the molecule is O=C1CCC(N2C(=O)c3ccc(NC4CCC5CNCCC5C4)cc3C2=O)C(=O)N1. The van der Waals surface area contributed by atoms with Crippen molar-refractivity contribution in [3.8, 4) is 0 Å². The quantitative estimate of drug-likeness (QED) is 0.648. The van der Waals surface area contributed by atoms with E-state index in [2.05, 4.69) is 16.0 Å². The lowest BCUT2D eigenvalue weighted by Gasteiger charge is -2.40. The van der Waals surface area contributed by atoms with Crippen molar-refractivity contribution in [3.05, 3.63) is 29.3 Å². The van der Waals surface area contributed by atoms with Gasteiger partial charge in [0.2, 0.25) is 11.8 Å². The lowest BCUT2D eigenvalue weighted by Crippen LogP contribution is -2.54. The molecular formula is C22H26N4O4. The molecule has 0 bridgehead atoms. The Bertz CT molecular complexity index is 930. The average Bonchev–Trinajstić information content (AvgIpc) is 2.98. The van der Waals surface area contributed by atoms with Gasteiger partial charge in [-0.3, -0.25) is 29.4 Å². The molecule has 1 aliphatic carbocycles. The molecule has 1 aromatic carbocycles. The summed E-state index contributed by atoms with van der Waals surface area (Å²) >= 11 is 0. The minimum Gasteiger partial charge on any atom is -0.382 e. The van der Waals surface area contributed by atoms with E-state index in [1.807, 2.05) is 6.07 Å². The highest BCUT2D eigenvalue weighted by atomic mass is 16.2. The molecule has 2 saturated heterocycles. The lowest BCUT2D eigenvalue weighted by atomic mass is 9.73. The number of piperidine rings is 2. The van der Waals surface area contributed by atoms with Gasteiger partial charge >= 0.3 is 0 Å². The fourth-order valence-corrected chi connectivity index (χ4v) is 5.45. The molecule has 3 N–H and O–H groups in total. The van der Waals surface area contributed by atoms with Crippen LogP contribution in [0.1, 0.15) is 59.2 Å². The minimum atomic E-state index is -0.929. The highest BCUT2D eigenvalue weighted by molar-refractivity contribution is 6.23. The van der Waals surface area contributed by atoms with E-state index in [1.54, 1.807) is 12.1 Å². The van der Waals surface area contributed by atoms with Gasteiger partial charge < -0.3 is 10.6 Å². The summed E-state index contributed by atoms with van der Waals surface area (Å²) in [5.41, 5.74) is 1.47. The van der Waals surface area contributed by atoms with Crippen LogP contribution >= 0.6 is 0 Å². The molecular weight excluding hydrogens is 384 g/mol. The van der Waals surface area contributed by atoms with E-state index < -0.39 is 23.8 Å². The number of fused-ring (bicyclic) bond motifs is 2. The third kappa shape index (κ3) is 3.29. The molecule has 3 aliphatic heterocycles. The van der Waals surface area contributed by atoms with Crippen LogP contribution in [-0.2, 0) is 9.59 Å². The Morgan fingerprint density at radius 2 is 1.77 bits per heavy atom. The minimum absolute atomic E-state index is 0.121. The number of imide groups is 2. The van der Waals surface area contributed by atoms with E-state index in [-0.39, 0.29) is 18.7 Å². The molecule has 158 valence electrons. The monoisotopic (exact) mass is 410 g/mol. The molecule has 30 heavy (non-hydrogen) atoms. The highest BCUT2D eigenvalue weighted by Crippen LogP contribution is 2.36. The van der Waals surface area contributed by atoms with Gasteiger partial charge in [-0.25, -0.2) is 0 Å². The summed E-state index contributed by atoms with van der Waals surface area (Å²) in [6, 6.07) is 4.67. The summed E-state index contributed by atoms with van der Waals surface area (Å²) in [7, 11) is 0. The van der Waals surface area contributed by atoms with Gasteiger partial charge in [0.15, 0.2) is 0 Å². The first-order valence-corrected chi connectivity index (χ1v) is 10.8. The first kappa shape index (κ1) is 19.2. The van der Waals surface area contributed by atoms with Crippen molar-refractivity contribution in [2.75, 3.05) is 18.4 Å². The number of benzene rings is 1. The van der Waals surface area contributed by atoms with Gasteiger partial charge in [0, 0.05) is 18.2 Å². The van der Waals surface area contributed by atoms with Crippen LogP contribution in [0.4, 0.5) is 5.69 Å². The summed E-state index contributed by atoms with van der Waals surface area (Å²) in [6.07, 6.45) is 4.91. The second kappa shape index (κ2) is 7.50. The number of hydrogen-bond acceptors (Lipinski definition) is 6. The van der Waals surface area contributed by atoms with Gasteiger partial charge in [-0.2, -0.15) is 0 Å². The first-order chi connectivity index (χ1) is 14.5. The molecule has 3 heterocycles. The zero-order valence-electron chi connectivity index (χ0n) is 16.8. The Balaban J connectivity index is 1.31. The number of nitrogens with one attached hydrogen (secondary N) is 3. The second-order valence-corrected chi connectivity index (χ2v) is 8.87. The van der Waals surface area contributed by atoms with Crippen LogP contribution < -0.4 is 16.0 Å². The molecule has 1 saturated carbocycles. The first-order valence-electron chi connectivity index (χ1n) is 10.8. The molecule has 0 radical (unpaired) electrons. The zero-order chi connectivity index (χ0) is 20.8. The number of rotatable bonds is 3. The van der Waals surface area contributed by atoms with Gasteiger partial charge in [0.1, 0.15) is 6.04 Å². The molecule has 4 aliphatic rings. The van der Waals surface area contributed by atoms with Gasteiger partial charge in [-0.1, -0.05) is 0 Å². The highest BCUT2D eigenvalue weighted by Gasteiger charge is 2.44. The van der Waals surface area contributed by atoms with Crippen LogP contribution in [-0.4, -0.2) is 53.7 Å². The molecule has 8 nitrogen and oxygen atoms in total. The molecule has 4 atom stereocenters. The maximum atomic E-state index is 13.0. The van der Waals surface area contributed by atoms with E-state index in [4.69, 9.17) is 0 Å². The third-order valence-corrected chi connectivity index (χ3v) is 7.05. The van der Waals surface area contributed by atoms with Crippen LogP contribution in [0, 0.1) is 11.8 Å². The Morgan fingerprint density at radius 1 is 0.933 bits per heavy atom. The third-order valence-electron chi connectivity index (χ3n) is 7.05. The summed E-state index contributed by atoms with van der Waals surface area (Å²) in [5.74, 6) is -0.390. The van der Waals surface area contributed by atoms with Gasteiger partial charge in [0.25, 0.3) is 11.8 Å². The molecule has 8 heteroatoms. The van der Waals surface area contributed by atoms with Crippen LogP contribution in [0.3, 0.4) is 0 Å². The molecule has 0 aromatic heterocycles. The van der Waals surface area contributed by atoms with Crippen molar-refractivity contribution in [2.45, 2.75) is 50.6 Å². The van der Waals surface area contributed by atoms with Crippen LogP contribution in [0.25, 0.3) is 0 Å². The fraction of sp³-hybridized carbons (Fsp3) is 0.545.